The van der Waals surface area contributed by atoms with E-state index < -0.39 is 0 Å². The van der Waals surface area contributed by atoms with Crippen molar-refractivity contribution in [2.24, 2.45) is 5.92 Å². The largest absolute Gasteiger partial charge is 0.382 e. The molecule has 1 aliphatic carbocycles. The third kappa shape index (κ3) is 2.70. The zero-order valence-electron chi connectivity index (χ0n) is 13.1. The summed E-state index contributed by atoms with van der Waals surface area (Å²) in [6, 6.07) is 0.963. The van der Waals surface area contributed by atoms with Crippen molar-refractivity contribution in [2.75, 3.05) is 12.3 Å². The number of nitrogens with two attached hydrogens (primary N) is 1. The molecule has 3 aromatic rings. The molecule has 1 saturated heterocycles. The average molecular weight is 328 g/mol. The van der Waals surface area contributed by atoms with Crippen LogP contribution in [-0.2, 0) is 6.42 Å². The Morgan fingerprint density at radius 3 is 2.78 bits per heavy atom. The molecule has 0 radical (unpaired) electrons. The van der Waals surface area contributed by atoms with Crippen LogP contribution in [0.1, 0.15) is 24.6 Å². The molecule has 120 valence electrons. The van der Waals surface area contributed by atoms with Crippen LogP contribution in [0.5, 0.6) is 0 Å². The number of piperidine rings is 1. The Labute approximate surface area is 138 Å². The predicted molar refractivity (Wildman–Crippen MR) is 92.4 cm³/mol. The molecule has 2 unspecified atom stereocenters. The number of nitrogens with zero attached hydrogens (tertiary/aromatic N) is 4. The number of aromatic nitrogens is 4. The highest BCUT2D eigenvalue weighted by molar-refractivity contribution is 7.17. The van der Waals surface area contributed by atoms with Crippen LogP contribution in [0.3, 0.4) is 0 Å². The number of hydrogen-bond donors (Lipinski definition) is 2. The highest BCUT2D eigenvalue weighted by Crippen LogP contribution is 2.32. The molecule has 2 fully saturated rings. The van der Waals surface area contributed by atoms with Gasteiger partial charge in [-0.3, -0.25) is 9.38 Å². The van der Waals surface area contributed by atoms with E-state index >= 15 is 0 Å². The van der Waals surface area contributed by atoms with Crippen LogP contribution in [-0.4, -0.2) is 31.9 Å². The quantitative estimate of drug-likeness (QED) is 0.755. The Kier molecular flexibility index (Phi) is 3.74. The van der Waals surface area contributed by atoms with Gasteiger partial charge in [0.2, 0.25) is 0 Å². The van der Waals surface area contributed by atoms with Gasteiger partial charge in [-0.25, -0.2) is 9.97 Å². The minimum atomic E-state index is 0.420. The molecule has 2 atom stereocenters. The first-order valence-electron chi connectivity index (χ1n) is 8.01. The van der Waals surface area contributed by atoms with Crippen LogP contribution < -0.4 is 11.1 Å². The molecule has 5 rings (SSSR count). The number of rotatable bonds is 2. The maximum atomic E-state index is 5.64. The molecule has 6 nitrogen and oxygen atoms in total. The van der Waals surface area contributed by atoms with Crippen molar-refractivity contribution in [1.29, 1.82) is 0 Å². The van der Waals surface area contributed by atoms with Crippen LogP contribution in [0.2, 0.25) is 0 Å². The summed E-state index contributed by atoms with van der Waals surface area (Å²) in [5.74, 6) is 1.52. The monoisotopic (exact) mass is 328 g/mol. The maximum Gasteiger partial charge on any atom is 0.194 e. The first kappa shape index (κ1) is 14.6. The smallest absolute Gasteiger partial charge is 0.194 e. The third-order valence-corrected chi connectivity index (χ3v) is 5.72. The molecule has 0 amide bonds. The number of fused-ring (bicyclic) bond motifs is 2. The lowest BCUT2D eigenvalue weighted by Gasteiger charge is -2.47. The Bertz CT molecular complexity index is 805. The Morgan fingerprint density at radius 2 is 2.22 bits per heavy atom. The summed E-state index contributed by atoms with van der Waals surface area (Å²) in [4.78, 5) is 14.9. The van der Waals surface area contributed by atoms with Gasteiger partial charge in [0.15, 0.2) is 4.96 Å². The SMILES string of the molecule is C1CC2NCC12.CCc1cn2c(-c3cncc(N)n3)cnc2s1. The van der Waals surface area contributed by atoms with Crippen molar-refractivity contribution in [1.82, 2.24) is 24.7 Å². The number of hydrogen-bond acceptors (Lipinski definition) is 6. The number of aryl methyl sites for hydroxylation is 1. The Hall–Kier alpha value is -1.99. The summed E-state index contributed by atoms with van der Waals surface area (Å²) in [7, 11) is 0. The second-order valence-electron chi connectivity index (χ2n) is 6.03. The summed E-state index contributed by atoms with van der Waals surface area (Å²) in [6.45, 7) is 3.44. The van der Waals surface area contributed by atoms with Gasteiger partial charge in [-0.1, -0.05) is 6.92 Å². The van der Waals surface area contributed by atoms with Gasteiger partial charge in [0, 0.05) is 17.1 Å². The fourth-order valence-electron chi connectivity index (χ4n) is 2.91. The van der Waals surface area contributed by atoms with E-state index in [1.165, 1.54) is 30.5 Å². The van der Waals surface area contributed by atoms with Crippen molar-refractivity contribution in [3.05, 3.63) is 29.7 Å². The fourth-order valence-corrected chi connectivity index (χ4v) is 3.81. The number of thiazole rings is 1. The lowest BCUT2D eigenvalue weighted by molar-refractivity contribution is 0.111. The van der Waals surface area contributed by atoms with E-state index in [2.05, 4.69) is 33.4 Å². The van der Waals surface area contributed by atoms with Crippen molar-refractivity contribution in [2.45, 2.75) is 32.2 Å². The molecule has 1 aliphatic heterocycles. The molecule has 3 N–H and O–H groups in total. The summed E-state index contributed by atoms with van der Waals surface area (Å²) in [6.07, 6.45) is 11.1. The Morgan fingerprint density at radius 1 is 1.35 bits per heavy atom. The molecule has 0 bridgehead atoms. The van der Waals surface area contributed by atoms with Crippen LogP contribution in [0.25, 0.3) is 16.3 Å². The van der Waals surface area contributed by atoms with Gasteiger partial charge >= 0.3 is 0 Å². The Balaban J connectivity index is 0.000000186. The summed E-state index contributed by atoms with van der Waals surface area (Å²) >= 11 is 1.69. The molecule has 7 heteroatoms. The average Bonchev–Trinajstić information content (AvgIpc) is 3.11. The van der Waals surface area contributed by atoms with Gasteiger partial charge in [-0.15, -0.1) is 11.3 Å². The van der Waals surface area contributed by atoms with E-state index in [4.69, 9.17) is 5.73 Å². The topological polar surface area (TPSA) is 81.1 Å². The second kappa shape index (κ2) is 5.90. The van der Waals surface area contributed by atoms with Crippen LogP contribution in [0.15, 0.2) is 24.8 Å². The van der Waals surface area contributed by atoms with Gasteiger partial charge in [-0.2, -0.15) is 0 Å². The normalized spacial score (nSPS) is 21.8. The highest BCUT2D eigenvalue weighted by Gasteiger charge is 2.37. The first-order valence-corrected chi connectivity index (χ1v) is 8.83. The standard InChI is InChI=1S/C11H11N5S.C5H9N/c1-2-7-6-16-9(4-14-11(16)17-7)8-3-13-5-10(12)15-8;1-2-5-4(1)3-6-5/h3-6H,2H2,1H3,(H2,12,15);4-6H,1-3H2. The lowest BCUT2D eigenvalue weighted by atomic mass is 9.74. The minimum Gasteiger partial charge on any atom is -0.382 e. The molecule has 23 heavy (non-hydrogen) atoms. The van der Waals surface area contributed by atoms with Gasteiger partial charge in [0.05, 0.1) is 24.3 Å². The van der Waals surface area contributed by atoms with Gasteiger partial charge in [-0.05, 0) is 31.7 Å². The van der Waals surface area contributed by atoms with Crippen molar-refractivity contribution < 1.29 is 0 Å². The van der Waals surface area contributed by atoms with E-state index in [9.17, 15) is 0 Å². The number of nitrogens with one attached hydrogen (secondary N) is 1. The summed E-state index contributed by atoms with van der Waals surface area (Å²) in [5.41, 5.74) is 7.31. The summed E-state index contributed by atoms with van der Waals surface area (Å²) < 4.78 is 2.03. The molecule has 1 saturated carbocycles. The molecule has 2 aliphatic rings. The van der Waals surface area contributed by atoms with E-state index in [1.807, 2.05) is 4.40 Å². The van der Waals surface area contributed by atoms with E-state index in [0.29, 0.717) is 5.82 Å². The number of anilines is 1. The zero-order chi connectivity index (χ0) is 15.8. The highest BCUT2D eigenvalue weighted by atomic mass is 32.1. The van der Waals surface area contributed by atoms with Crippen molar-refractivity contribution in [3.63, 3.8) is 0 Å². The number of nitrogen functional groups attached to an aromatic ring is 1. The molecule has 3 aromatic heterocycles. The summed E-state index contributed by atoms with van der Waals surface area (Å²) in [5, 5.41) is 3.34. The molecule has 0 aromatic carbocycles. The minimum absolute atomic E-state index is 0.420. The van der Waals surface area contributed by atoms with Crippen LogP contribution in [0, 0.1) is 5.92 Å². The van der Waals surface area contributed by atoms with Gasteiger partial charge < -0.3 is 11.1 Å². The molecular weight excluding hydrogens is 308 g/mol. The maximum absolute atomic E-state index is 5.64. The second-order valence-corrected chi connectivity index (χ2v) is 7.12. The van der Waals surface area contributed by atoms with E-state index in [0.717, 1.165) is 34.7 Å². The van der Waals surface area contributed by atoms with E-state index in [1.54, 1.807) is 23.7 Å². The zero-order valence-corrected chi connectivity index (χ0v) is 13.9. The first-order chi connectivity index (χ1) is 11.2. The third-order valence-electron chi connectivity index (χ3n) is 4.58. The molecule has 4 heterocycles. The lowest BCUT2D eigenvalue weighted by Crippen LogP contribution is -2.59. The number of imidazole rings is 1. The van der Waals surface area contributed by atoms with Crippen molar-refractivity contribution in [3.8, 4) is 11.4 Å². The van der Waals surface area contributed by atoms with Crippen LogP contribution in [0.4, 0.5) is 5.82 Å². The van der Waals surface area contributed by atoms with Gasteiger partial charge in [0.25, 0.3) is 0 Å². The molecular formula is C16H20N6S. The fraction of sp³-hybridized carbons (Fsp3) is 0.438. The van der Waals surface area contributed by atoms with Crippen LogP contribution >= 0.6 is 11.3 Å². The predicted octanol–water partition coefficient (Wildman–Crippen LogP) is 2.37. The van der Waals surface area contributed by atoms with Crippen molar-refractivity contribution >= 4 is 22.1 Å². The van der Waals surface area contributed by atoms with E-state index in [-0.39, 0.29) is 0 Å². The molecule has 0 spiro atoms. The van der Waals surface area contributed by atoms with Gasteiger partial charge in [0.1, 0.15) is 11.5 Å².